The molecule has 0 saturated heterocycles. The number of hydrogen-bond acceptors (Lipinski definition) is 4. The Bertz CT molecular complexity index is 569. The van der Waals surface area contributed by atoms with Crippen LogP contribution in [0, 0.1) is 5.92 Å². The molecule has 1 aromatic carbocycles. The Morgan fingerprint density at radius 2 is 1.90 bits per heavy atom. The van der Waals surface area contributed by atoms with Crippen molar-refractivity contribution >= 4 is 10.0 Å². The zero-order valence-electron chi connectivity index (χ0n) is 13.3. The number of aliphatic hydroxyl groups is 1. The van der Waals surface area contributed by atoms with Crippen molar-refractivity contribution < 1.29 is 18.3 Å². The molecule has 0 saturated carbocycles. The Morgan fingerprint density at radius 3 is 2.38 bits per heavy atom. The summed E-state index contributed by atoms with van der Waals surface area (Å²) in [6.45, 7) is 5.76. The van der Waals surface area contributed by atoms with Crippen molar-refractivity contribution in [1.82, 2.24) is 4.31 Å². The van der Waals surface area contributed by atoms with Gasteiger partial charge in [-0.25, -0.2) is 8.42 Å². The average molecular weight is 315 g/mol. The molecule has 0 aliphatic carbocycles. The van der Waals surface area contributed by atoms with E-state index in [4.69, 9.17) is 4.74 Å². The first-order chi connectivity index (χ1) is 9.73. The SMILES string of the molecule is COc1ccc(S(=O)(=O)N(C)C(C)CC(C)C)cc1CO. The molecule has 5 nitrogen and oxygen atoms in total. The minimum Gasteiger partial charge on any atom is -0.496 e. The van der Waals surface area contributed by atoms with Crippen LogP contribution in [0.15, 0.2) is 23.1 Å². The smallest absolute Gasteiger partial charge is 0.243 e. The van der Waals surface area contributed by atoms with Crippen molar-refractivity contribution in [3.05, 3.63) is 23.8 Å². The van der Waals surface area contributed by atoms with Crippen LogP contribution in [0.1, 0.15) is 32.8 Å². The molecular formula is C15H25NO4S. The fourth-order valence-electron chi connectivity index (χ4n) is 2.27. The summed E-state index contributed by atoms with van der Waals surface area (Å²) >= 11 is 0. The van der Waals surface area contributed by atoms with Crippen LogP contribution in [-0.4, -0.2) is 38.0 Å². The lowest BCUT2D eigenvalue weighted by molar-refractivity contribution is 0.273. The molecular weight excluding hydrogens is 290 g/mol. The normalized spacial score (nSPS) is 13.7. The van der Waals surface area contributed by atoms with Gasteiger partial charge in [-0.05, 0) is 37.5 Å². The number of benzene rings is 1. The van der Waals surface area contributed by atoms with Gasteiger partial charge in [-0.15, -0.1) is 0 Å². The number of rotatable bonds is 7. The second-order valence-corrected chi connectivity index (χ2v) is 7.63. The Labute approximate surface area is 127 Å². The lowest BCUT2D eigenvalue weighted by Crippen LogP contribution is -2.35. The maximum Gasteiger partial charge on any atom is 0.243 e. The predicted octanol–water partition coefficient (Wildman–Crippen LogP) is 2.24. The third kappa shape index (κ3) is 4.18. The van der Waals surface area contributed by atoms with E-state index in [1.165, 1.54) is 23.5 Å². The summed E-state index contributed by atoms with van der Waals surface area (Å²) in [7, 11) is -0.501. The summed E-state index contributed by atoms with van der Waals surface area (Å²) in [6, 6.07) is 4.45. The maximum atomic E-state index is 12.6. The van der Waals surface area contributed by atoms with Crippen molar-refractivity contribution in [3.63, 3.8) is 0 Å². The number of sulfonamides is 1. The molecule has 0 spiro atoms. The molecule has 0 heterocycles. The quantitative estimate of drug-likeness (QED) is 0.838. The highest BCUT2D eigenvalue weighted by atomic mass is 32.2. The summed E-state index contributed by atoms with van der Waals surface area (Å²) in [5, 5.41) is 9.32. The third-order valence-corrected chi connectivity index (χ3v) is 5.50. The minimum atomic E-state index is -3.57. The first kappa shape index (κ1) is 17.9. The van der Waals surface area contributed by atoms with E-state index < -0.39 is 10.0 Å². The predicted molar refractivity (Wildman–Crippen MR) is 82.8 cm³/mol. The maximum absolute atomic E-state index is 12.6. The van der Waals surface area contributed by atoms with Gasteiger partial charge in [0, 0.05) is 18.7 Å². The zero-order chi connectivity index (χ0) is 16.2. The number of nitrogens with zero attached hydrogens (tertiary/aromatic N) is 1. The van der Waals surface area contributed by atoms with Crippen LogP contribution in [0.25, 0.3) is 0 Å². The molecule has 0 aliphatic rings. The summed E-state index contributed by atoms with van der Waals surface area (Å²) in [6.07, 6.45) is 0.790. The molecule has 1 N–H and O–H groups in total. The van der Waals surface area contributed by atoms with Gasteiger partial charge in [0.15, 0.2) is 0 Å². The van der Waals surface area contributed by atoms with E-state index in [0.717, 1.165) is 6.42 Å². The monoisotopic (exact) mass is 315 g/mol. The molecule has 1 aromatic rings. The Balaban J connectivity index is 3.13. The molecule has 0 amide bonds. The Morgan fingerprint density at radius 1 is 1.29 bits per heavy atom. The fraction of sp³-hybridized carbons (Fsp3) is 0.600. The molecule has 0 aromatic heterocycles. The van der Waals surface area contributed by atoms with Crippen molar-refractivity contribution in [1.29, 1.82) is 0 Å². The van der Waals surface area contributed by atoms with E-state index in [0.29, 0.717) is 17.2 Å². The van der Waals surface area contributed by atoms with Crippen LogP contribution in [0.3, 0.4) is 0 Å². The largest absolute Gasteiger partial charge is 0.496 e. The van der Waals surface area contributed by atoms with Crippen LogP contribution in [-0.2, 0) is 16.6 Å². The Hall–Kier alpha value is -1.11. The van der Waals surface area contributed by atoms with Gasteiger partial charge < -0.3 is 9.84 Å². The minimum absolute atomic E-state index is 0.0883. The third-order valence-electron chi connectivity index (χ3n) is 3.53. The van der Waals surface area contributed by atoms with E-state index in [1.54, 1.807) is 13.1 Å². The van der Waals surface area contributed by atoms with Gasteiger partial charge in [0.1, 0.15) is 5.75 Å². The first-order valence-corrected chi connectivity index (χ1v) is 8.43. The van der Waals surface area contributed by atoms with Gasteiger partial charge in [-0.2, -0.15) is 4.31 Å². The van der Waals surface area contributed by atoms with E-state index in [-0.39, 0.29) is 17.5 Å². The topological polar surface area (TPSA) is 66.8 Å². The van der Waals surface area contributed by atoms with Crippen LogP contribution in [0.4, 0.5) is 0 Å². The van der Waals surface area contributed by atoms with Gasteiger partial charge in [0.25, 0.3) is 0 Å². The van der Waals surface area contributed by atoms with E-state index in [9.17, 15) is 13.5 Å². The molecule has 1 unspecified atom stereocenters. The summed E-state index contributed by atoms with van der Waals surface area (Å²) in [4.78, 5) is 0.172. The standard InChI is InChI=1S/C15H25NO4S/c1-11(2)8-12(3)16(4)21(18,19)14-6-7-15(20-5)13(9-14)10-17/h6-7,9,11-12,17H,8,10H2,1-5H3. The molecule has 120 valence electrons. The molecule has 0 aliphatic heterocycles. The van der Waals surface area contributed by atoms with Crippen molar-refractivity contribution in [2.24, 2.45) is 5.92 Å². The van der Waals surface area contributed by atoms with E-state index in [1.807, 2.05) is 6.92 Å². The van der Waals surface area contributed by atoms with Crippen molar-refractivity contribution in [3.8, 4) is 5.75 Å². The summed E-state index contributed by atoms with van der Waals surface area (Å²) < 4.78 is 31.7. The highest BCUT2D eigenvalue weighted by molar-refractivity contribution is 7.89. The molecule has 0 bridgehead atoms. The highest BCUT2D eigenvalue weighted by Crippen LogP contribution is 2.25. The van der Waals surface area contributed by atoms with Gasteiger partial charge in [0.05, 0.1) is 18.6 Å². The van der Waals surface area contributed by atoms with Gasteiger partial charge >= 0.3 is 0 Å². The lowest BCUT2D eigenvalue weighted by atomic mass is 10.1. The van der Waals surface area contributed by atoms with Gasteiger partial charge in [0.2, 0.25) is 10.0 Å². The van der Waals surface area contributed by atoms with E-state index >= 15 is 0 Å². The summed E-state index contributed by atoms with van der Waals surface area (Å²) in [5.41, 5.74) is 0.462. The molecule has 0 fully saturated rings. The average Bonchev–Trinajstić information content (AvgIpc) is 2.44. The zero-order valence-corrected chi connectivity index (χ0v) is 14.1. The molecule has 1 atom stereocenters. The van der Waals surface area contributed by atoms with Crippen LogP contribution in [0.5, 0.6) is 5.75 Å². The number of methoxy groups -OCH3 is 1. The van der Waals surface area contributed by atoms with Crippen LogP contribution >= 0.6 is 0 Å². The van der Waals surface area contributed by atoms with Crippen LogP contribution in [0.2, 0.25) is 0 Å². The highest BCUT2D eigenvalue weighted by Gasteiger charge is 2.26. The van der Waals surface area contributed by atoms with Crippen LogP contribution < -0.4 is 4.74 Å². The lowest BCUT2D eigenvalue weighted by Gasteiger charge is -2.26. The van der Waals surface area contributed by atoms with Crippen molar-refractivity contribution in [2.45, 2.75) is 44.7 Å². The summed E-state index contributed by atoms with van der Waals surface area (Å²) in [5.74, 6) is 0.899. The molecule has 21 heavy (non-hydrogen) atoms. The number of hydrogen-bond donors (Lipinski definition) is 1. The molecule has 0 radical (unpaired) electrons. The first-order valence-electron chi connectivity index (χ1n) is 6.99. The van der Waals surface area contributed by atoms with Crippen molar-refractivity contribution in [2.75, 3.05) is 14.2 Å². The second kappa shape index (κ2) is 7.24. The number of aliphatic hydroxyl groups excluding tert-OH is 1. The fourth-order valence-corrected chi connectivity index (χ4v) is 3.70. The van der Waals surface area contributed by atoms with Gasteiger partial charge in [-0.1, -0.05) is 13.8 Å². The van der Waals surface area contributed by atoms with E-state index in [2.05, 4.69) is 13.8 Å². The molecule has 1 rings (SSSR count). The number of ether oxygens (including phenoxy) is 1. The molecule has 6 heteroatoms. The second-order valence-electron chi connectivity index (χ2n) is 5.63. The Kier molecular flexibility index (Phi) is 6.19. The van der Waals surface area contributed by atoms with Gasteiger partial charge in [-0.3, -0.25) is 0 Å².